The lowest BCUT2D eigenvalue weighted by molar-refractivity contribution is -0.384. The summed E-state index contributed by atoms with van der Waals surface area (Å²) in [6.07, 6.45) is 2.98. The number of methoxy groups -OCH3 is 2. The maximum atomic E-state index is 12.1. The fraction of sp³-hybridized carbons (Fsp3) is 0.118. The monoisotopic (exact) mass is 313 g/mol. The van der Waals surface area contributed by atoms with E-state index in [1.165, 1.54) is 37.5 Å². The molecule has 0 bridgehead atoms. The Balaban J connectivity index is 2.21. The van der Waals surface area contributed by atoms with Crippen molar-refractivity contribution in [3.63, 3.8) is 0 Å². The molecule has 2 aromatic rings. The van der Waals surface area contributed by atoms with Gasteiger partial charge in [-0.15, -0.1) is 0 Å². The molecule has 6 heteroatoms. The molecule has 0 saturated heterocycles. The third-order valence-electron chi connectivity index (χ3n) is 3.18. The number of non-ortho nitro benzene ring substituents is 1. The van der Waals surface area contributed by atoms with Crippen LogP contribution in [0.5, 0.6) is 11.5 Å². The highest BCUT2D eigenvalue weighted by Gasteiger charge is 2.09. The molecule has 0 aliphatic rings. The van der Waals surface area contributed by atoms with Crippen LogP contribution >= 0.6 is 0 Å². The first kappa shape index (κ1) is 16.2. The minimum atomic E-state index is -0.533. The first-order chi connectivity index (χ1) is 11.0. The molecule has 2 aromatic carbocycles. The number of nitro groups is 1. The Labute approximate surface area is 133 Å². The van der Waals surface area contributed by atoms with E-state index in [-0.39, 0.29) is 17.0 Å². The molecule has 0 spiro atoms. The number of carbonyl (C=O) groups excluding carboxylic acids is 1. The van der Waals surface area contributed by atoms with Gasteiger partial charge in [-0.3, -0.25) is 14.9 Å². The van der Waals surface area contributed by atoms with Crippen molar-refractivity contribution in [2.45, 2.75) is 0 Å². The van der Waals surface area contributed by atoms with Crippen molar-refractivity contribution in [2.75, 3.05) is 14.2 Å². The molecule has 0 aromatic heterocycles. The first-order valence-electron chi connectivity index (χ1n) is 6.74. The lowest BCUT2D eigenvalue weighted by Crippen LogP contribution is -1.96. The van der Waals surface area contributed by atoms with Crippen LogP contribution in [0.4, 0.5) is 5.69 Å². The van der Waals surface area contributed by atoms with Crippen LogP contribution in [-0.2, 0) is 0 Å². The topological polar surface area (TPSA) is 78.7 Å². The number of allylic oxidation sites excluding steroid dienone is 1. The Morgan fingerprint density at radius 1 is 1.09 bits per heavy atom. The zero-order valence-electron chi connectivity index (χ0n) is 12.7. The molecule has 0 fully saturated rings. The van der Waals surface area contributed by atoms with Gasteiger partial charge in [0.15, 0.2) is 17.3 Å². The maximum Gasteiger partial charge on any atom is 0.270 e. The van der Waals surface area contributed by atoms with Crippen molar-refractivity contribution >= 4 is 17.5 Å². The van der Waals surface area contributed by atoms with E-state index >= 15 is 0 Å². The van der Waals surface area contributed by atoms with Gasteiger partial charge in [-0.05, 0) is 23.8 Å². The number of hydrogen-bond donors (Lipinski definition) is 0. The minimum absolute atomic E-state index is 0.115. The van der Waals surface area contributed by atoms with E-state index in [0.717, 1.165) is 5.56 Å². The van der Waals surface area contributed by atoms with E-state index in [0.29, 0.717) is 11.5 Å². The standard InChI is InChI=1S/C17H15NO5/c1-22-16-9-7-12(10-17(16)23-2)6-8-15(19)13-4-3-5-14(11-13)18(20)21/h3-11H,1-2H3/b8-6+. The summed E-state index contributed by atoms with van der Waals surface area (Å²) in [4.78, 5) is 22.3. The van der Waals surface area contributed by atoms with Crippen molar-refractivity contribution in [1.82, 2.24) is 0 Å². The molecule has 0 amide bonds. The smallest absolute Gasteiger partial charge is 0.270 e. The van der Waals surface area contributed by atoms with E-state index in [2.05, 4.69) is 0 Å². The number of rotatable bonds is 6. The summed E-state index contributed by atoms with van der Waals surface area (Å²) >= 11 is 0. The van der Waals surface area contributed by atoms with Gasteiger partial charge in [-0.1, -0.05) is 24.3 Å². The normalized spacial score (nSPS) is 10.5. The van der Waals surface area contributed by atoms with Crippen molar-refractivity contribution in [1.29, 1.82) is 0 Å². The summed E-state index contributed by atoms with van der Waals surface area (Å²) in [5.41, 5.74) is 0.896. The van der Waals surface area contributed by atoms with Gasteiger partial charge in [0.25, 0.3) is 5.69 Å². The summed E-state index contributed by atoms with van der Waals surface area (Å²) in [6.45, 7) is 0. The molecule has 23 heavy (non-hydrogen) atoms. The predicted molar refractivity (Wildman–Crippen MR) is 86.0 cm³/mol. The molecular formula is C17H15NO5. The number of nitro benzene ring substituents is 1. The van der Waals surface area contributed by atoms with E-state index < -0.39 is 4.92 Å². The molecule has 0 aliphatic carbocycles. The van der Waals surface area contributed by atoms with E-state index in [4.69, 9.17) is 9.47 Å². The fourth-order valence-corrected chi connectivity index (χ4v) is 2.00. The average molecular weight is 313 g/mol. The molecule has 0 N–H and O–H groups in total. The average Bonchev–Trinajstić information content (AvgIpc) is 2.59. The maximum absolute atomic E-state index is 12.1. The molecule has 118 valence electrons. The number of ketones is 1. The van der Waals surface area contributed by atoms with Crippen LogP contribution in [0.1, 0.15) is 15.9 Å². The second-order valence-corrected chi connectivity index (χ2v) is 4.62. The van der Waals surface area contributed by atoms with Crippen molar-refractivity contribution in [3.8, 4) is 11.5 Å². The van der Waals surface area contributed by atoms with Crippen LogP contribution in [0.3, 0.4) is 0 Å². The van der Waals surface area contributed by atoms with Gasteiger partial charge >= 0.3 is 0 Å². The highest BCUT2D eigenvalue weighted by atomic mass is 16.6. The van der Waals surface area contributed by atoms with Crippen LogP contribution in [0.25, 0.3) is 6.08 Å². The summed E-state index contributed by atoms with van der Waals surface area (Å²) in [6, 6.07) is 10.9. The Morgan fingerprint density at radius 3 is 2.48 bits per heavy atom. The number of hydrogen-bond acceptors (Lipinski definition) is 5. The van der Waals surface area contributed by atoms with Gasteiger partial charge in [0, 0.05) is 17.7 Å². The van der Waals surface area contributed by atoms with Crippen molar-refractivity contribution < 1.29 is 19.2 Å². The quantitative estimate of drug-likeness (QED) is 0.353. The molecule has 6 nitrogen and oxygen atoms in total. The Hall–Kier alpha value is -3.15. The fourth-order valence-electron chi connectivity index (χ4n) is 2.00. The van der Waals surface area contributed by atoms with Gasteiger partial charge < -0.3 is 9.47 Å². The minimum Gasteiger partial charge on any atom is -0.493 e. The molecule has 0 radical (unpaired) electrons. The van der Waals surface area contributed by atoms with Gasteiger partial charge in [-0.25, -0.2) is 0 Å². The second-order valence-electron chi connectivity index (χ2n) is 4.62. The van der Waals surface area contributed by atoms with Gasteiger partial charge in [-0.2, -0.15) is 0 Å². The Bertz CT molecular complexity index is 767. The highest BCUT2D eigenvalue weighted by Crippen LogP contribution is 2.28. The zero-order valence-corrected chi connectivity index (χ0v) is 12.7. The first-order valence-corrected chi connectivity index (χ1v) is 6.74. The number of carbonyl (C=O) groups is 1. The second kappa shape index (κ2) is 7.22. The zero-order chi connectivity index (χ0) is 16.8. The Kier molecular flexibility index (Phi) is 5.09. The van der Waals surface area contributed by atoms with Crippen LogP contribution in [0, 0.1) is 10.1 Å². The third kappa shape index (κ3) is 3.94. The van der Waals surface area contributed by atoms with Gasteiger partial charge in [0.05, 0.1) is 19.1 Å². The molecular weight excluding hydrogens is 298 g/mol. The van der Waals surface area contributed by atoms with Crippen molar-refractivity contribution in [2.24, 2.45) is 0 Å². The SMILES string of the molecule is COc1ccc(/C=C/C(=O)c2cccc([N+](=O)[O-])c2)cc1OC. The lowest BCUT2D eigenvalue weighted by atomic mass is 10.1. The van der Waals surface area contributed by atoms with E-state index in [1.807, 2.05) is 0 Å². The van der Waals surface area contributed by atoms with Crippen LogP contribution in [-0.4, -0.2) is 24.9 Å². The number of ether oxygens (including phenoxy) is 2. The van der Waals surface area contributed by atoms with Crippen LogP contribution < -0.4 is 9.47 Å². The number of benzene rings is 2. The molecule has 0 unspecified atom stereocenters. The molecule has 0 aliphatic heterocycles. The molecule has 2 rings (SSSR count). The lowest BCUT2D eigenvalue weighted by Gasteiger charge is -2.07. The Morgan fingerprint density at radius 2 is 1.83 bits per heavy atom. The third-order valence-corrected chi connectivity index (χ3v) is 3.18. The van der Waals surface area contributed by atoms with E-state index in [1.54, 1.807) is 31.4 Å². The number of nitrogens with zero attached hydrogens (tertiary/aromatic N) is 1. The molecule has 0 heterocycles. The van der Waals surface area contributed by atoms with Crippen molar-refractivity contribution in [3.05, 3.63) is 69.8 Å². The summed E-state index contributed by atoms with van der Waals surface area (Å²) in [5, 5.41) is 10.7. The summed E-state index contributed by atoms with van der Waals surface area (Å²) in [5.74, 6) is 0.829. The van der Waals surface area contributed by atoms with Crippen LogP contribution in [0.15, 0.2) is 48.5 Å². The molecule has 0 saturated carbocycles. The van der Waals surface area contributed by atoms with Gasteiger partial charge in [0.2, 0.25) is 0 Å². The largest absolute Gasteiger partial charge is 0.493 e. The van der Waals surface area contributed by atoms with Crippen LogP contribution in [0.2, 0.25) is 0 Å². The van der Waals surface area contributed by atoms with E-state index in [9.17, 15) is 14.9 Å². The summed E-state index contributed by atoms with van der Waals surface area (Å²) < 4.78 is 10.3. The summed E-state index contributed by atoms with van der Waals surface area (Å²) in [7, 11) is 3.07. The van der Waals surface area contributed by atoms with Gasteiger partial charge in [0.1, 0.15) is 0 Å². The predicted octanol–water partition coefficient (Wildman–Crippen LogP) is 3.51. The highest BCUT2D eigenvalue weighted by molar-refractivity contribution is 6.07. The molecule has 0 atom stereocenters.